The number of ether oxygens (including phenoxy) is 1. The molecule has 1 aliphatic rings. The van der Waals surface area contributed by atoms with Gasteiger partial charge in [-0.15, -0.1) is 0 Å². The zero-order valence-electron chi connectivity index (χ0n) is 16.3. The number of hydrogen-bond acceptors (Lipinski definition) is 3. The van der Waals surface area contributed by atoms with Crippen LogP contribution in [0, 0.1) is 0 Å². The first-order valence-corrected chi connectivity index (χ1v) is 9.31. The maximum absolute atomic E-state index is 12.7. The fourth-order valence-corrected chi connectivity index (χ4v) is 3.76. The first kappa shape index (κ1) is 18.5. The lowest BCUT2D eigenvalue weighted by molar-refractivity contribution is 0.0785. The van der Waals surface area contributed by atoms with Gasteiger partial charge in [-0.05, 0) is 35.7 Å². The molecular formula is C21H29N3O2. The van der Waals surface area contributed by atoms with E-state index in [-0.39, 0.29) is 5.91 Å². The molecule has 5 nitrogen and oxygen atoms in total. The van der Waals surface area contributed by atoms with Crippen molar-refractivity contribution in [3.63, 3.8) is 0 Å². The monoisotopic (exact) mass is 355 g/mol. The van der Waals surface area contributed by atoms with Crippen molar-refractivity contribution < 1.29 is 9.53 Å². The third-order valence-corrected chi connectivity index (χ3v) is 5.17. The van der Waals surface area contributed by atoms with Gasteiger partial charge in [-0.3, -0.25) is 9.69 Å². The molecule has 2 heterocycles. The number of aromatic nitrogens is 1. The van der Waals surface area contributed by atoms with E-state index in [0.29, 0.717) is 0 Å². The Morgan fingerprint density at radius 3 is 2.85 bits per heavy atom. The van der Waals surface area contributed by atoms with Crippen LogP contribution in [0.4, 0.5) is 0 Å². The second kappa shape index (κ2) is 7.96. The molecule has 2 aromatic rings. The zero-order valence-corrected chi connectivity index (χ0v) is 16.3. The van der Waals surface area contributed by atoms with Gasteiger partial charge in [-0.1, -0.05) is 19.1 Å². The molecule has 0 spiro atoms. The lowest BCUT2D eigenvalue weighted by atomic mass is 10.1. The number of nitrogens with zero attached hydrogens (tertiary/aromatic N) is 3. The van der Waals surface area contributed by atoms with Gasteiger partial charge < -0.3 is 14.2 Å². The van der Waals surface area contributed by atoms with E-state index in [0.717, 1.165) is 50.5 Å². The molecule has 0 saturated carbocycles. The number of carbonyl (C=O) groups is 1. The predicted octanol–water partition coefficient (Wildman–Crippen LogP) is 3.07. The van der Waals surface area contributed by atoms with Crippen molar-refractivity contribution in [2.24, 2.45) is 7.05 Å². The molecule has 1 aromatic heterocycles. The minimum Gasteiger partial charge on any atom is -0.497 e. The van der Waals surface area contributed by atoms with Gasteiger partial charge >= 0.3 is 0 Å². The van der Waals surface area contributed by atoms with Crippen molar-refractivity contribution in [1.29, 1.82) is 0 Å². The quantitative estimate of drug-likeness (QED) is 0.799. The van der Waals surface area contributed by atoms with E-state index in [1.807, 2.05) is 31.1 Å². The van der Waals surface area contributed by atoms with Gasteiger partial charge in [0, 0.05) is 52.4 Å². The van der Waals surface area contributed by atoms with Crippen molar-refractivity contribution in [3.05, 3.63) is 52.8 Å². The molecule has 3 rings (SSSR count). The smallest absolute Gasteiger partial charge is 0.270 e. The van der Waals surface area contributed by atoms with E-state index in [4.69, 9.17) is 4.74 Å². The Morgan fingerprint density at radius 2 is 2.12 bits per heavy atom. The largest absolute Gasteiger partial charge is 0.497 e. The second-order valence-corrected chi connectivity index (χ2v) is 7.10. The highest BCUT2D eigenvalue weighted by molar-refractivity contribution is 5.93. The van der Waals surface area contributed by atoms with Gasteiger partial charge in [0.2, 0.25) is 0 Å². The molecule has 5 heteroatoms. The van der Waals surface area contributed by atoms with E-state index >= 15 is 0 Å². The summed E-state index contributed by atoms with van der Waals surface area (Å²) in [7, 11) is 5.60. The molecule has 0 saturated heterocycles. The Labute approximate surface area is 156 Å². The zero-order chi connectivity index (χ0) is 18.7. The lowest BCUT2D eigenvalue weighted by Crippen LogP contribution is -2.31. The van der Waals surface area contributed by atoms with Gasteiger partial charge in [0.15, 0.2) is 0 Å². The highest BCUT2D eigenvalue weighted by Crippen LogP contribution is 2.25. The van der Waals surface area contributed by atoms with Gasteiger partial charge in [0.1, 0.15) is 11.4 Å². The summed E-state index contributed by atoms with van der Waals surface area (Å²) in [5.41, 5.74) is 4.62. The fourth-order valence-electron chi connectivity index (χ4n) is 3.76. The molecule has 0 fully saturated rings. The number of carbonyl (C=O) groups excluding carboxylic acids is 1. The molecule has 0 bridgehead atoms. The number of rotatable bonds is 6. The lowest BCUT2D eigenvalue weighted by Gasteiger charge is -2.27. The average Bonchev–Trinajstić information content (AvgIpc) is 2.97. The van der Waals surface area contributed by atoms with E-state index in [2.05, 4.69) is 34.6 Å². The first-order valence-electron chi connectivity index (χ1n) is 9.31. The van der Waals surface area contributed by atoms with Crippen LogP contribution in [0.1, 0.15) is 40.7 Å². The Kier molecular flexibility index (Phi) is 5.67. The summed E-state index contributed by atoms with van der Waals surface area (Å²) >= 11 is 0. The van der Waals surface area contributed by atoms with Crippen LogP contribution in [0.5, 0.6) is 5.75 Å². The van der Waals surface area contributed by atoms with Crippen LogP contribution in [-0.4, -0.2) is 47.5 Å². The Balaban J connectivity index is 1.74. The summed E-state index contributed by atoms with van der Waals surface area (Å²) in [6.07, 6.45) is 1.95. The molecule has 1 amide bonds. The molecule has 1 aromatic carbocycles. The number of fused-ring (bicyclic) bond motifs is 1. The maximum Gasteiger partial charge on any atom is 0.270 e. The number of methoxy groups -OCH3 is 1. The molecule has 1 aliphatic heterocycles. The van der Waals surface area contributed by atoms with Crippen molar-refractivity contribution in [3.8, 4) is 5.75 Å². The van der Waals surface area contributed by atoms with Crippen LogP contribution >= 0.6 is 0 Å². The minimum absolute atomic E-state index is 0.114. The Morgan fingerprint density at radius 1 is 1.31 bits per heavy atom. The summed E-state index contributed by atoms with van der Waals surface area (Å²) in [6.45, 7) is 5.66. The van der Waals surface area contributed by atoms with Crippen LogP contribution in [0.2, 0.25) is 0 Å². The van der Waals surface area contributed by atoms with Crippen molar-refractivity contribution in [1.82, 2.24) is 14.4 Å². The maximum atomic E-state index is 12.7. The third-order valence-electron chi connectivity index (χ3n) is 5.17. The standard InChI is InChI=1S/C21H29N3O2/c1-5-10-22(2)21(25)20-13-17-15-24(11-9-19(17)23(20)3)14-16-7-6-8-18(12-16)26-4/h6-8,12-13H,5,9-11,14-15H2,1-4H3. The highest BCUT2D eigenvalue weighted by atomic mass is 16.5. The van der Waals surface area contributed by atoms with E-state index in [1.165, 1.54) is 16.8 Å². The van der Waals surface area contributed by atoms with Crippen LogP contribution in [0.3, 0.4) is 0 Å². The minimum atomic E-state index is 0.114. The topological polar surface area (TPSA) is 37.7 Å². The van der Waals surface area contributed by atoms with Crippen molar-refractivity contribution >= 4 is 5.91 Å². The molecule has 140 valence electrons. The van der Waals surface area contributed by atoms with Gasteiger partial charge in [-0.2, -0.15) is 0 Å². The molecular weight excluding hydrogens is 326 g/mol. The molecule has 26 heavy (non-hydrogen) atoms. The summed E-state index contributed by atoms with van der Waals surface area (Å²) in [6, 6.07) is 10.3. The normalized spacial score (nSPS) is 14.2. The van der Waals surface area contributed by atoms with Crippen LogP contribution in [-0.2, 0) is 26.6 Å². The fraction of sp³-hybridized carbons (Fsp3) is 0.476. The Bertz CT molecular complexity index is 782. The SMILES string of the molecule is CCCN(C)C(=O)c1cc2c(n1C)CCN(Cc1cccc(OC)c1)C2. The molecule has 0 radical (unpaired) electrons. The molecule has 0 aliphatic carbocycles. The highest BCUT2D eigenvalue weighted by Gasteiger charge is 2.24. The summed E-state index contributed by atoms with van der Waals surface area (Å²) in [5.74, 6) is 1.01. The summed E-state index contributed by atoms with van der Waals surface area (Å²) in [5, 5.41) is 0. The van der Waals surface area contributed by atoms with Crippen molar-refractivity contribution in [2.75, 3.05) is 27.2 Å². The molecule has 0 unspecified atom stereocenters. The molecule has 0 atom stereocenters. The number of amides is 1. The Hall–Kier alpha value is -2.27. The predicted molar refractivity (Wildman–Crippen MR) is 103 cm³/mol. The number of hydrogen-bond donors (Lipinski definition) is 0. The van der Waals surface area contributed by atoms with Crippen molar-refractivity contribution in [2.45, 2.75) is 32.9 Å². The van der Waals surface area contributed by atoms with Crippen LogP contribution in [0.25, 0.3) is 0 Å². The third kappa shape index (κ3) is 3.78. The van der Waals surface area contributed by atoms with Crippen LogP contribution < -0.4 is 4.74 Å². The second-order valence-electron chi connectivity index (χ2n) is 7.10. The van der Waals surface area contributed by atoms with Gasteiger partial charge in [0.05, 0.1) is 7.11 Å². The summed E-state index contributed by atoms with van der Waals surface area (Å²) in [4.78, 5) is 16.9. The van der Waals surface area contributed by atoms with Gasteiger partial charge in [-0.25, -0.2) is 0 Å². The van der Waals surface area contributed by atoms with Gasteiger partial charge in [0.25, 0.3) is 5.91 Å². The molecule has 0 N–H and O–H groups in total. The van der Waals surface area contributed by atoms with E-state index < -0.39 is 0 Å². The summed E-state index contributed by atoms with van der Waals surface area (Å²) < 4.78 is 7.41. The average molecular weight is 355 g/mol. The van der Waals surface area contributed by atoms with Crippen LogP contribution in [0.15, 0.2) is 30.3 Å². The van der Waals surface area contributed by atoms with E-state index in [9.17, 15) is 4.79 Å². The number of benzene rings is 1. The van der Waals surface area contributed by atoms with E-state index in [1.54, 1.807) is 7.11 Å². The first-order chi connectivity index (χ1) is 12.5.